The SMILES string of the molecule is CC(NCc1ccn(C)n1)c1ccc(I)cc1. The van der Waals surface area contributed by atoms with Crippen LogP contribution in [0, 0.1) is 3.57 Å². The monoisotopic (exact) mass is 341 g/mol. The fourth-order valence-electron chi connectivity index (χ4n) is 1.68. The molecule has 0 amide bonds. The van der Waals surface area contributed by atoms with Crippen molar-refractivity contribution < 1.29 is 0 Å². The molecule has 17 heavy (non-hydrogen) atoms. The van der Waals surface area contributed by atoms with E-state index in [1.807, 2.05) is 24.0 Å². The Morgan fingerprint density at radius 2 is 2.00 bits per heavy atom. The van der Waals surface area contributed by atoms with Gasteiger partial charge in [-0.15, -0.1) is 0 Å². The number of benzene rings is 1. The normalized spacial score (nSPS) is 12.6. The first kappa shape index (κ1) is 12.6. The molecule has 0 radical (unpaired) electrons. The van der Waals surface area contributed by atoms with Crippen molar-refractivity contribution in [2.45, 2.75) is 19.5 Å². The van der Waals surface area contributed by atoms with Crippen molar-refractivity contribution in [2.75, 3.05) is 0 Å². The Kier molecular flexibility index (Phi) is 4.17. The van der Waals surface area contributed by atoms with Crippen molar-refractivity contribution in [3.8, 4) is 0 Å². The van der Waals surface area contributed by atoms with Gasteiger partial charge in [0.15, 0.2) is 0 Å². The summed E-state index contributed by atoms with van der Waals surface area (Å²) >= 11 is 2.32. The molecule has 0 spiro atoms. The number of hydrogen-bond acceptors (Lipinski definition) is 2. The van der Waals surface area contributed by atoms with E-state index < -0.39 is 0 Å². The van der Waals surface area contributed by atoms with Crippen LogP contribution >= 0.6 is 22.6 Å². The van der Waals surface area contributed by atoms with Crippen LogP contribution in [0.5, 0.6) is 0 Å². The van der Waals surface area contributed by atoms with Gasteiger partial charge in [-0.1, -0.05) is 12.1 Å². The van der Waals surface area contributed by atoms with Crippen LogP contribution in [0.1, 0.15) is 24.2 Å². The van der Waals surface area contributed by atoms with E-state index in [9.17, 15) is 0 Å². The molecule has 1 aromatic heterocycles. The first-order valence-electron chi connectivity index (χ1n) is 5.62. The third-order valence-corrected chi connectivity index (χ3v) is 3.45. The first-order chi connectivity index (χ1) is 8.15. The molecule has 1 aromatic carbocycles. The molecule has 2 aromatic rings. The van der Waals surface area contributed by atoms with Crippen molar-refractivity contribution in [3.05, 3.63) is 51.4 Å². The molecule has 2 rings (SSSR count). The predicted molar refractivity (Wildman–Crippen MR) is 77.6 cm³/mol. The second-order valence-corrected chi connectivity index (χ2v) is 5.38. The van der Waals surface area contributed by atoms with Crippen LogP contribution in [0.2, 0.25) is 0 Å². The van der Waals surface area contributed by atoms with Crippen molar-refractivity contribution in [1.82, 2.24) is 15.1 Å². The summed E-state index contributed by atoms with van der Waals surface area (Å²) in [7, 11) is 1.94. The largest absolute Gasteiger partial charge is 0.304 e. The minimum Gasteiger partial charge on any atom is -0.304 e. The number of rotatable bonds is 4. The average Bonchev–Trinajstić information content (AvgIpc) is 2.73. The third-order valence-electron chi connectivity index (χ3n) is 2.73. The standard InChI is InChI=1S/C13H16IN3/c1-10(11-3-5-12(14)6-4-11)15-9-13-7-8-17(2)16-13/h3-8,10,15H,9H2,1-2H3. The molecule has 1 unspecified atom stereocenters. The van der Waals surface area contributed by atoms with Crippen molar-refractivity contribution in [1.29, 1.82) is 0 Å². The fourth-order valence-corrected chi connectivity index (χ4v) is 2.04. The second-order valence-electron chi connectivity index (χ2n) is 4.13. The van der Waals surface area contributed by atoms with Crippen LogP contribution in [-0.4, -0.2) is 9.78 Å². The molecule has 0 saturated carbocycles. The molecule has 0 aliphatic heterocycles. The Morgan fingerprint density at radius 3 is 2.59 bits per heavy atom. The molecule has 1 heterocycles. The van der Waals surface area contributed by atoms with Crippen molar-refractivity contribution in [3.63, 3.8) is 0 Å². The molecule has 1 atom stereocenters. The van der Waals surface area contributed by atoms with Crippen LogP contribution in [0.25, 0.3) is 0 Å². The number of nitrogens with one attached hydrogen (secondary N) is 1. The predicted octanol–water partition coefficient (Wildman–Crippen LogP) is 2.88. The van der Waals surface area contributed by atoms with Gasteiger partial charge in [0.05, 0.1) is 5.69 Å². The molecule has 0 aliphatic rings. The quantitative estimate of drug-likeness (QED) is 0.867. The maximum atomic E-state index is 4.34. The Balaban J connectivity index is 1.93. The van der Waals surface area contributed by atoms with Gasteiger partial charge < -0.3 is 5.32 Å². The zero-order valence-corrected chi connectivity index (χ0v) is 12.2. The van der Waals surface area contributed by atoms with Gasteiger partial charge in [0.1, 0.15) is 0 Å². The lowest BCUT2D eigenvalue weighted by Crippen LogP contribution is -2.18. The Bertz CT molecular complexity index is 476. The summed E-state index contributed by atoms with van der Waals surface area (Å²) in [5, 5.41) is 7.81. The lowest BCUT2D eigenvalue weighted by molar-refractivity contribution is 0.562. The average molecular weight is 341 g/mol. The zero-order chi connectivity index (χ0) is 12.3. The van der Waals surface area contributed by atoms with E-state index in [0.717, 1.165) is 12.2 Å². The van der Waals surface area contributed by atoms with E-state index in [2.05, 4.69) is 64.2 Å². The first-order valence-corrected chi connectivity index (χ1v) is 6.70. The molecule has 1 N–H and O–H groups in total. The second kappa shape index (κ2) is 5.64. The van der Waals surface area contributed by atoms with Gasteiger partial charge in [0.2, 0.25) is 0 Å². The highest BCUT2D eigenvalue weighted by atomic mass is 127. The minimum atomic E-state index is 0.342. The Morgan fingerprint density at radius 1 is 1.29 bits per heavy atom. The summed E-state index contributed by atoms with van der Waals surface area (Å²) in [6, 6.07) is 11.0. The van der Waals surface area contributed by atoms with Gasteiger partial charge in [0, 0.05) is 29.4 Å². The molecule has 0 fully saturated rings. The summed E-state index contributed by atoms with van der Waals surface area (Å²) in [5.41, 5.74) is 2.38. The van der Waals surface area contributed by atoms with Gasteiger partial charge in [-0.05, 0) is 53.3 Å². The Hall–Kier alpha value is -0.880. The number of hydrogen-bond donors (Lipinski definition) is 1. The smallest absolute Gasteiger partial charge is 0.0762 e. The summed E-state index contributed by atoms with van der Waals surface area (Å²) in [4.78, 5) is 0. The van der Waals surface area contributed by atoms with Gasteiger partial charge in [-0.3, -0.25) is 4.68 Å². The highest BCUT2D eigenvalue weighted by molar-refractivity contribution is 14.1. The zero-order valence-electron chi connectivity index (χ0n) is 10.0. The van der Waals surface area contributed by atoms with E-state index in [0.29, 0.717) is 6.04 Å². The van der Waals surface area contributed by atoms with E-state index in [1.54, 1.807) is 0 Å². The number of aryl methyl sites for hydroxylation is 1. The van der Waals surface area contributed by atoms with Crippen molar-refractivity contribution in [2.24, 2.45) is 7.05 Å². The number of aromatic nitrogens is 2. The number of halogens is 1. The summed E-state index contributed by atoms with van der Waals surface area (Å²) < 4.78 is 3.09. The minimum absolute atomic E-state index is 0.342. The highest BCUT2D eigenvalue weighted by Crippen LogP contribution is 2.14. The highest BCUT2D eigenvalue weighted by Gasteiger charge is 2.05. The molecule has 0 bridgehead atoms. The maximum absolute atomic E-state index is 4.34. The van der Waals surface area contributed by atoms with Crippen LogP contribution < -0.4 is 5.32 Å². The van der Waals surface area contributed by atoms with Gasteiger partial charge >= 0.3 is 0 Å². The molecule has 4 heteroatoms. The molecular weight excluding hydrogens is 325 g/mol. The van der Waals surface area contributed by atoms with Crippen LogP contribution in [0.4, 0.5) is 0 Å². The molecule has 0 saturated heterocycles. The fraction of sp³-hybridized carbons (Fsp3) is 0.308. The summed E-state index contributed by atoms with van der Waals surface area (Å²) in [6.07, 6.45) is 1.96. The van der Waals surface area contributed by atoms with Crippen LogP contribution in [-0.2, 0) is 13.6 Å². The van der Waals surface area contributed by atoms with E-state index in [-0.39, 0.29) is 0 Å². The van der Waals surface area contributed by atoms with E-state index in [4.69, 9.17) is 0 Å². The van der Waals surface area contributed by atoms with Crippen LogP contribution in [0.15, 0.2) is 36.5 Å². The summed E-state index contributed by atoms with van der Waals surface area (Å²) in [6.45, 7) is 2.97. The molecule has 90 valence electrons. The molecular formula is C13H16IN3. The van der Waals surface area contributed by atoms with E-state index >= 15 is 0 Å². The summed E-state index contributed by atoms with van der Waals surface area (Å²) in [5.74, 6) is 0. The lowest BCUT2D eigenvalue weighted by atomic mass is 10.1. The van der Waals surface area contributed by atoms with Crippen LogP contribution in [0.3, 0.4) is 0 Å². The Labute approximate surface area is 115 Å². The third kappa shape index (κ3) is 3.54. The lowest BCUT2D eigenvalue weighted by Gasteiger charge is -2.13. The van der Waals surface area contributed by atoms with Gasteiger partial charge in [-0.2, -0.15) is 5.10 Å². The van der Waals surface area contributed by atoms with Crippen molar-refractivity contribution >= 4 is 22.6 Å². The topological polar surface area (TPSA) is 29.9 Å². The van der Waals surface area contributed by atoms with Gasteiger partial charge in [-0.25, -0.2) is 0 Å². The van der Waals surface area contributed by atoms with Gasteiger partial charge in [0.25, 0.3) is 0 Å². The van der Waals surface area contributed by atoms with E-state index in [1.165, 1.54) is 9.13 Å². The molecule has 3 nitrogen and oxygen atoms in total. The molecule has 0 aliphatic carbocycles. The number of nitrogens with zero attached hydrogens (tertiary/aromatic N) is 2. The maximum Gasteiger partial charge on any atom is 0.0762 e.